The van der Waals surface area contributed by atoms with Crippen LogP contribution in [0.25, 0.3) is 12.2 Å². The summed E-state index contributed by atoms with van der Waals surface area (Å²) in [5, 5.41) is 6.20. The molecule has 8 aromatic rings. The summed E-state index contributed by atoms with van der Waals surface area (Å²) in [7, 11) is -9.99. The zero-order chi connectivity index (χ0) is 77.1. The highest BCUT2D eigenvalue weighted by molar-refractivity contribution is 7.86. The van der Waals surface area contributed by atoms with Crippen molar-refractivity contribution in [3.8, 4) is 47.0 Å². The number of anilines is 4. The maximum absolute atomic E-state index is 13.4. The molecule has 4 N–H and O–H groups in total. The molecule has 0 saturated carbocycles. The third-order valence-electron chi connectivity index (χ3n) is 15.9. The molecule has 560 valence electrons. The molecule has 0 fully saturated rings. The SMILES string of the molecule is CC(C)(C)Cc1ccc(Oc2nc(Nc3ccc(/C=C/c4ccc(Nc5nc(Oc6ccc(CC(C)(C)C)cc6CC(C)(C)C)nc(Oc6ccc(CC(C)(C)C)cc6CC(C)(C)C)n5)cc4S(=O)(=O)O)c(S(=O)(=O)O)c3)nc(Oc3ccc(CC(C)(C)C)cc3CC(C)(C)C)n2)c(CC(C)(C)C)c1. The summed E-state index contributed by atoms with van der Waals surface area (Å²) in [5.74, 6) is 1.99. The van der Waals surface area contributed by atoms with Gasteiger partial charge >= 0.3 is 24.0 Å². The average Bonchev–Trinajstić information content (AvgIpc) is 0.830. The molecule has 0 aliphatic rings. The first-order valence-corrected chi connectivity index (χ1v) is 38.6. The van der Waals surface area contributed by atoms with Crippen molar-refractivity contribution in [3.63, 3.8) is 0 Å². The van der Waals surface area contributed by atoms with Crippen molar-refractivity contribution < 1.29 is 44.9 Å². The fraction of sp³-hybridized carbons (Fsp3) is 0.476. The quantitative estimate of drug-likeness (QED) is 0.0324. The van der Waals surface area contributed by atoms with Gasteiger partial charge in [0.1, 0.15) is 32.8 Å². The van der Waals surface area contributed by atoms with E-state index >= 15 is 0 Å². The van der Waals surface area contributed by atoms with Crippen LogP contribution in [0.15, 0.2) is 119 Å². The summed E-state index contributed by atoms with van der Waals surface area (Å²) >= 11 is 0. The summed E-state index contributed by atoms with van der Waals surface area (Å²) in [5.41, 5.74) is 8.24. The van der Waals surface area contributed by atoms with Gasteiger partial charge in [-0.2, -0.15) is 36.8 Å². The van der Waals surface area contributed by atoms with E-state index in [0.29, 0.717) is 48.7 Å². The molecule has 104 heavy (non-hydrogen) atoms. The molecule has 20 heteroatoms. The van der Waals surface area contributed by atoms with Crippen LogP contribution < -0.4 is 29.6 Å². The Balaban J connectivity index is 1.17. The van der Waals surface area contributed by atoms with Crippen molar-refractivity contribution in [3.05, 3.63) is 165 Å². The predicted molar refractivity (Wildman–Crippen MR) is 419 cm³/mol. The van der Waals surface area contributed by atoms with E-state index in [4.69, 9.17) is 48.9 Å². The van der Waals surface area contributed by atoms with Crippen LogP contribution in [0.5, 0.6) is 47.0 Å². The highest BCUT2D eigenvalue weighted by Gasteiger charge is 2.28. The summed E-state index contributed by atoms with van der Waals surface area (Å²) in [6, 6.07) is 32.3. The topological polar surface area (TPSA) is 247 Å². The molecule has 0 unspecified atom stereocenters. The molecule has 0 aliphatic heterocycles. The van der Waals surface area contributed by atoms with E-state index in [1.165, 1.54) is 48.6 Å². The molecule has 0 amide bonds. The monoisotopic (exact) mass is 1460 g/mol. The van der Waals surface area contributed by atoms with Gasteiger partial charge in [-0.3, -0.25) is 9.11 Å². The van der Waals surface area contributed by atoms with Crippen LogP contribution in [-0.2, 0) is 71.6 Å². The van der Waals surface area contributed by atoms with Gasteiger partial charge in [0.25, 0.3) is 20.2 Å². The molecule has 0 atom stereocenters. The van der Waals surface area contributed by atoms with E-state index in [0.717, 1.165) is 70.2 Å². The van der Waals surface area contributed by atoms with E-state index in [9.17, 15) is 25.9 Å². The van der Waals surface area contributed by atoms with Crippen molar-refractivity contribution >= 4 is 55.7 Å². The average molecular weight is 1460 g/mol. The maximum Gasteiger partial charge on any atom is 0.330 e. The minimum atomic E-state index is -5.00. The first-order valence-electron chi connectivity index (χ1n) is 35.8. The Kier molecular flexibility index (Phi) is 24.3. The van der Waals surface area contributed by atoms with Crippen LogP contribution in [0.4, 0.5) is 23.3 Å². The van der Waals surface area contributed by atoms with Gasteiger partial charge in [0.05, 0.1) is 0 Å². The van der Waals surface area contributed by atoms with Gasteiger partial charge in [-0.1, -0.05) is 239 Å². The molecule has 0 spiro atoms. The standard InChI is InChI=1S/C84H112N8O10S2/c1-77(2,3)45-53-25-35-65(59(39-53)49-81(13,14)15)99-73-87-71(88-74(91-73)100-66-36-26-54(46-78(4,5)6)40-60(66)50-82(16,17)18)85-63-33-31-57(69(43-63)103(93,94)95)29-30-58-32-34-64(44-70(58)104(96,97)98)86-72-89-75(101-67-37-27-55(47-79(7,8)9)41-61(67)51-83(19,20)21)92-76(90-72)102-68-38-28-56(48-80(10,11)12)42-62(68)52-84(22,23)24/h25-44H,45-52H2,1-24H3,(H,93,94,95)(H,96,97,98)(H,85,87,88,91)(H,86,89,90,92)/b30-29+. The summed E-state index contributed by atoms with van der Waals surface area (Å²) < 4.78 is 102. The Bertz CT molecular complexity index is 4170. The zero-order valence-electron chi connectivity index (χ0n) is 65.9. The zero-order valence-corrected chi connectivity index (χ0v) is 67.5. The normalized spacial score (nSPS) is 13.1. The van der Waals surface area contributed by atoms with E-state index in [1.807, 2.05) is 48.5 Å². The summed E-state index contributed by atoms with van der Waals surface area (Å²) in [6.45, 7) is 52.3. The third kappa shape index (κ3) is 26.4. The van der Waals surface area contributed by atoms with E-state index in [1.54, 1.807) is 0 Å². The predicted octanol–water partition coefficient (Wildman–Crippen LogP) is 22.1. The largest absolute Gasteiger partial charge is 0.424 e. The fourth-order valence-electron chi connectivity index (χ4n) is 12.4. The molecule has 2 aromatic heterocycles. The Morgan fingerprint density at radius 1 is 0.308 bits per heavy atom. The minimum absolute atomic E-state index is 0.0291. The van der Waals surface area contributed by atoms with Gasteiger partial charge in [-0.05, 0) is 199 Å². The van der Waals surface area contributed by atoms with Crippen molar-refractivity contribution in [2.24, 2.45) is 43.3 Å². The van der Waals surface area contributed by atoms with Crippen molar-refractivity contribution in [2.75, 3.05) is 10.6 Å². The van der Waals surface area contributed by atoms with Crippen LogP contribution in [0.1, 0.15) is 222 Å². The second-order valence-corrected chi connectivity index (χ2v) is 40.3. The smallest absolute Gasteiger partial charge is 0.330 e. The Morgan fingerprint density at radius 3 is 0.731 bits per heavy atom. The highest BCUT2D eigenvalue weighted by Crippen LogP contribution is 2.40. The van der Waals surface area contributed by atoms with E-state index in [2.05, 4.69) is 201 Å². The lowest BCUT2D eigenvalue weighted by Gasteiger charge is -2.23. The molecule has 0 radical (unpaired) electrons. The van der Waals surface area contributed by atoms with Crippen molar-refractivity contribution in [2.45, 2.75) is 227 Å². The number of rotatable bonds is 24. The molecular formula is C84H112N8O10S2. The lowest BCUT2D eigenvalue weighted by atomic mass is 9.84. The Morgan fingerprint density at radius 2 is 0.529 bits per heavy atom. The molecule has 0 bridgehead atoms. The van der Waals surface area contributed by atoms with Crippen LogP contribution in [0.3, 0.4) is 0 Å². The van der Waals surface area contributed by atoms with Crippen LogP contribution in [0, 0.1) is 43.3 Å². The molecule has 0 saturated heterocycles. The summed E-state index contributed by atoms with van der Waals surface area (Å²) in [4.78, 5) is 27.1. The lowest BCUT2D eigenvalue weighted by Crippen LogP contribution is -2.13. The highest BCUT2D eigenvalue weighted by atomic mass is 32.2. The Hall–Kier alpha value is -8.30. The van der Waals surface area contributed by atoms with Gasteiger partial charge in [0, 0.05) is 11.4 Å². The number of nitrogens with one attached hydrogen (secondary N) is 2. The van der Waals surface area contributed by atoms with Crippen LogP contribution in [-0.4, -0.2) is 55.8 Å². The maximum atomic E-state index is 13.4. The minimum Gasteiger partial charge on any atom is -0.424 e. The van der Waals surface area contributed by atoms with E-state index < -0.39 is 30.0 Å². The molecule has 18 nitrogen and oxygen atoms in total. The molecular weight excluding hydrogens is 1350 g/mol. The van der Waals surface area contributed by atoms with Crippen molar-refractivity contribution in [1.29, 1.82) is 0 Å². The number of hydrogen-bond acceptors (Lipinski definition) is 16. The second-order valence-electron chi connectivity index (χ2n) is 37.6. The van der Waals surface area contributed by atoms with E-state index in [-0.39, 0.29) is 102 Å². The molecule has 2 heterocycles. The number of nitrogens with zero attached hydrogens (tertiary/aromatic N) is 6. The number of ether oxygens (including phenoxy) is 4. The fourth-order valence-corrected chi connectivity index (χ4v) is 13.8. The van der Waals surface area contributed by atoms with Gasteiger partial charge in [-0.15, -0.1) is 9.97 Å². The molecule has 8 rings (SSSR count). The van der Waals surface area contributed by atoms with Gasteiger partial charge in [0.15, 0.2) is 0 Å². The van der Waals surface area contributed by atoms with Crippen LogP contribution >= 0.6 is 0 Å². The Labute approximate surface area is 620 Å². The first-order chi connectivity index (χ1) is 47.6. The van der Waals surface area contributed by atoms with Crippen LogP contribution in [0.2, 0.25) is 0 Å². The molecule has 0 aliphatic carbocycles. The molecule has 6 aromatic carbocycles. The summed E-state index contributed by atoms with van der Waals surface area (Å²) in [6.07, 6.45) is 8.67. The van der Waals surface area contributed by atoms with Gasteiger partial charge in [-0.25, -0.2) is 0 Å². The van der Waals surface area contributed by atoms with Gasteiger partial charge in [0.2, 0.25) is 11.9 Å². The van der Waals surface area contributed by atoms with Crippen molar-refractivity contribution in [1.82, 2.24) is 29.9 Å². The number of benzene rings is 6. The second kappa shape index (κ2) is 31.0. The number of hydrogen-bond donors (Lipinski definition) is 4. The first kappa shape index (κ1) is 81.4. The lowest BCUT2D eigenvalue weighted by molar-refractivity contribution is 0.370. The number of aromatic nitrogens is 6. The van der Waals surface area contributed by atoms with Gasteiger partial charge < -0.3 is 29.6 Å². The third-order valence-corrected chi connectivity index (χ3v) is 17.7.